The number of rotatable bonds is 8. The van der Waals surface area contributed by atoms with Crippen LogP contribution in [0.15, 0.2) is 96.2 Å². The predicted octanol–water partition coefficient (Wildman–Crippen LogP) is 9.04. The second-order valence-electron chi connectivity index (χ2n) is 9.54. The van der Waals surface area contributed by atoms with Gasteiger partial charge in [0.1, 0.15) is 5.75 Å². The highest BCUT2D eigenvalue weighted by Crippen LogP contribution is 2.38. The third-order valence-electron chi connectivity index (χ3n) is 7.00. The molecule has 0 saturated carbocycles. The van der Waals surface area contributed by atoms with Crippen molar-refractivity contribution in [3.05, 3.63) is 91.0 Å². The lowest BCUT2D eigenvalue weighted by molar-refractivity contribution is 0.477. The minimum atomic E-state index is 0.165. The van der Waals surface area contributed by atoms with E-state index in [1.807, 2.05) is 18.2 Å². The van der Waals surface area contributed by atoms with Crippen LogP contribution in [-0.2, 0) is 0 Å². The topological polar surface area (TPSA) is 58.9 Å². The maximum atomic E-state index is 10.6. The first kappa shape index (κ1) is 24.4. The van der Waals surface area contributed by atoms with Crippen LogP contribution in [0.1, 0.15) is 32.6 Å². The Morgan fingerprint density at radius 3 is 2.11 bits per heavy atom. The van der Waals surface area contributed by atoms with E-state index in [1.54, 1.807) is 17.8 Å². The summed E-state index contributed by atoms with van der Waals surface area (Å²) in [5, 5.41) is 18.4. The maximum absolute atomic E-state index is 10.6. The van der Waals surface area contributed by atoms with Gasteiger partial charge in [-0.25, -0.2) is 15.0 Å². The van der Waals surface area contributed by atoms with Crippen molar-refractivity contribution in [3.63, 3.8) is 0 Å². The Labute approximate surface area is 226 Å². The van der Waals surface area contributed by atoms with Crippen LogP contribution >= 0.6 is 11.8 Å². The summed E-state index contributed by atoms with van der Waals surface area (Å²) in [5.74, 6) is 2.23. The van der Waals surface area contributed by atoms with Crippen LogP contribution in [0.2, 0.25) is 0 Å². The van der Waals surface area contributed by atoms with Crippen LogP contribution in [0.25, 0.3) is 55.1 Å². The molecule has 5 heteroatoms. The molecule has 5 aromatic carbocycles. The summed E-state index contributed by atoms with van der Waals surface area (Å²) in [6, 6.07) is 30.8. The number of para-hydroxylation sites is 1. The number of aromatic nitrogens is 3. The van der Waals surface area contributed by atoms with E-state index in [0.717, 1.165) is 23.1 Å². The third kappa shape index (κ3) is 4.70. The Balaban J connectivity index is 1.57. The molecule has 0 bridgehead atoms. The van der Waals surface area contributed by atoms with Crippen LogP contribution in [-0.4, -0.2) is 25.8 Å². The summed E-state index contributed by atoms with van der Waals surface area (Å²) >= 11 is 1.66. The average Bonchev–Trinajstić information content (AvgIpc) is 2.96. The molecule has 0 amide bonds. The van der Waals surface area contributed by atoms with Crippen LogP contribution in [0.3, 0.4) is 0 Å². The summed E-state index contributed by atoms with van der Waals surface area (Å²) in [4.78, 5) is 14.7. The van der Waals surface area contributed by atoms with Gasteiger partial charge in [0.25, 0.3) is 0 Å². The second-order valence-corrected chi connectivity index (χ2v) is 10.6. The molecule has 6 aromatic rings. The lowest BCUT2D eigenvalue weighted by atomic mass is 9.93. The SMILES string of the molecule is CCCCCCSc1nc(-c2ccccc2O)nc(-c2cc3c4ccccc4ccc3c3ccccc23)n1. The van der Waals surface area contributed by atoms with Crippen molar-refractivity contribution in [2.45, 2.75) is 37.8 Å². The lowest BCUT2D eigenvalue weighted by Gasteiger charge is -2.13. The molecule has 0 saturated heterocycles. The first-order chi connectivity index (χ1) is 18.7. The van der Waals surface area contributed by atoms with E-state index in [1.165, 1.54) is 46.2 Å². The van der Waals surface area contributed by atoms with Crippen molar-refractivity contribution in [1.29, 1.82) is 0 Å². The number of hydrogen-bond acceptors (Lipinski definition) is 5. The first-order valence-corrected chi connectivity index (χ1v) is 14.2. The number of phenols is 1. The van der Waals surface area contributed by atoms with Gasteiger partial charge in [-0.3, -0.25) is 0 Å². The average molecular weight is 516 g/mol. The molecule has 6 rings (SSSR count). The fourth-order valence-corrected chi connectivity index (χ4v) is 5.90. The fourth-order valence-electron chi connectivity index (χ4n) is 5.06. The molecule has 0 radical (unpaired) electrons. The van der Waals surface area contributed by atoms with Crippen LogP contribution in [0.4, 0.5) is 0 Å². The molecule has 38 heavy (non-hydrogen) atoms. The summed E-state index contributed by atoms with van der Waals surface area (Å²) < 4.78 is 0. The molecule has 0 aliphatic rings. The number of aromatic hydroxyl groups is 1. The normalized spacial score (nSPS) is 11.5. The standard InChI is InChI=1S/C33H29N3OS/c1-2-3-4-11-20-38-33-35-31(27-16-9-10-17-30(27)37)34-32(36-33)29-21-28-23-13-6-5-12-22(23)18-19-26(28)24-14-7-8-15-25(24)29/h5-10,12-19,21,37H,2-4,11,20H2,1H3. The molecule has 1 aromatic heterocycles. The van der Waals surface area contributed by atoms with Crippen molar-refractivity contribution in [3.8, 4) is 28.5 Å². The van der Waals surface area contributed by atoms with E-state index in [9.17, 15) is 5.11 Å². The molecule has 188 valence electrons. The quantitative estimate of drug-likeness (QED) is 0.124. The van der Waals surface area contributed by atoms with Gasteiger partial charge < -0.3 is 5.11 Å². The molecule has 0 aliphatic heterocycles. The van der Waals surface area contributed by atoms with E-state index < -0.39 is 0 Å². The highest BCUT2D eigenvalue weighted by molar-refractivity contribution is 7.99. The number of fused-ring (bicyclic) bond motifs is 5. The van der Waals surface area contributed by atoms with Gasteiger partial charge in [0, 0.05) is 11.3 Å². The van der Waals surface area contributed by atoms with E-state index >= 15 is 0 Å². The molecule has 0 spiro atoms. The highest BCUT2D eigenvalue weighted by Gasteiger charge is 2.17. The van der Waals surface area contributed by atoms with Gasteiger partial charge in [-0.1, -0.05) is 111 Å². The number of thioether (sulfide) groups is 1. The Morgan fingerprint density at radius 2 is 1.29 bits per heavy atom. The van der Waals surface area contributed by atoms with Gasteiger partial charge in [-0.2, -0.15) is 0 Å². The summed E-state index contributed by atoms with van der Waals surface area (Å²) in [6.45, 7) is 2.22. The van der Waals surface area contributed by atoms with Crippen molar-refractivity contribution >= 4 is 44.1 Å². The van der Waals surface area contributed by atoms with E-state index in [2.05, 4.69) is 73.7 Å². The van der Waals surface area contributed by atoms with Gasteiger partial charge in [-0.15, -0.1) is 0 Å². The lowest BCUT2D eigenvalue weighted by Crippen LogP contribution is -2.00. The summed E-state index contributed by atoms with van der Waals surface area (Å²) in [6.07, 6.45) is 4.78. The third-order valence-corrected chi connectivity index (χ3v) is 7.93. The van der Waals surface area contributed by atoms with Gasteiger partial charge >= 0.3 is 0 Å². The number of hydrogen-bond donors (Lipinski definition) is 1. The Bertz CT molecular complexity index is 1770. The van der Waals surface area contributed by atoms with Crippen LogP contribution < -0.4 is 0 Å². The van der Waals surface area contributed by atoms with Gasteiger partial charge in [0.05, 0.1) is 5.56 Å². The Kier molecular flexibility index (Phi) is 6.93. The molecular formula is C33H29N3OS. The molecule has 0 unspecified atom stereocenters. The van der Waals surface area contributed by atoms with Crippen molar-refractivity contribution < 1.29 is 5.11 Å². The molecular weight excluding hydrogens is 486 g/mol. The molecule has 1 N–H and O–H groups in total. The summed E-state index contributed by atoms with van der Waals surface area (Å²) in [5.41, 5.74) is 1.58. The zero-order valence-corrected chi connectivity index (χ0v) is 22.2. The van der Waals surface area contributed by atoms with Crippen molar-refractivity contribution in [2.24, 2.45) is 0 Å². The smallest absolute Gasteiger partial charge is 0.191 e. The van der Waals surface area contributed by atoms with Gasteiger partial charge in [-0.05, 0) is 56.9 Å². The van der Waals surface area contributed by atoms with Crippen LogP contribution in [0.5, 0.6) is 5.75 Å². The van der Waals surface area contributed by atoms with E-state index in [4.69, 9.17) is 15.0 Å². The van der Waals surface area contributed by atoms with Crippen molar-refractivity contribution in [1.82, 2.24) is 15.0 Å². The zero-order chi connectivity index (χ0) is 25.9. The maximum Gasteiger partial charge on any atom is 0.191 e. The molecule has 0 atom stereocenters. The minimum Gasteiger partial charge on any atom is -0.507 e. The highest BCUT2D eigenvalue weighted by atomic mass is 32.2. The Hall–Kier alpha value is -3.96. The second kappa shape index (κ2) is 10.8. The number of benzene rings is 5. The number of nitrogens with zero attached hydrogens (tertiary/aromatic N) is 3. The molecule has 1 heterocycles. The predicted molar refractivity (Wildman–Crippen MR) is 160 cm³/mol. The van der Waals surface area contributed by atoms with E-state index in [0.29, 0.717) is 22.4 Å². The van der Waals surface area contributed by atoms with Gasteiger partial charge in [0.2, 0.25) is 0 Å². The molecule has 4 nitrogen and oxygen atoms in total. The van der Waals surface area contributed by atoms with Crippen LogP contribution in [0, 0.1) is 0 Å². The zero-order valence-electron chi connectivity index (χ0n) is 21.4. The monoisotopic (exact) mass is 515 g/mol. The summed E-state index contributed by atoms with van der Waals surface area (Å²) in [7, 11) is 0. The Morgan fingerprint density at radius 1 is 0.605 bits per heavy atom. The molecule has 0 aliphatic carbocycles. The number of phenolic OH excluding ortho intramolecular Hbond substituents is 1. The number of unbranched alkanes of at least 4 members (excludes halogenated alkanes) is 3. The van der Waals surface area contributed by atoms with Gasteiger partial charge in [0.15, 0.2) is 16.8 Å². The fraction of sp³-hybridized carbons (Fsp3) is 0.182. The minimum absolute atomic E-state index is 0.165. The van der Waals surface area contributed by atoms with E-state index in [-0.39, 0.29) is 5.75 Å². The van der Waals surface area contributed by atoms with Crippen molar-refractivity contribution in [2.75, 3.05) is 5.75 Å². The largest absolute Gasteiger partial charge is 0.507 e. The first-order valence-electron chi connectivity index (χ1n) is 13.2. The molecule has 0 fully saturated rings.